The van der Waals surface area contributed by atoms with Crippen LogP contribution in [0.5, 0.6) is 11.5 Å². The summed E-state index contributed by atoms with van der Waals surface area (Å²) >= 11 is 0. The summed E-state index contributed by atoms with van der Waals surface area (Å²) in [5, 5.41) is 5.29. The fraction of sp³-hybridized carbons (Fsp3) is 0.261. The Hall–Kier alpha value is -3.65. The van der Waals surface area contributed by atoms with Gasteiger partial charge in [-0.05, 0) is 31.3 Å². The monoisotopic (exact) mass is 415 g/mol. The van der Waals surface area contributed by atoms with Crippen molar-refractivity contribution < 1.29 is 4.74 Å². The van der Waals surface area contributed by atoms with Gasteiger partial charge in [0.25, 0.3) is 0 Å². The lowest BCUT2D eigenvalue weighted by Crippen LogP contribution is -2.45. The molecule has 2 N–H and O–H groups in total. The minimum Gasteiger partial charge on any atom is -0.457 e. The Kier molecular flexibility index (Phi) is 4.91. The molecule has 0 unspecified atom stereocenters. The van der Waals surface area contributed by atoms with Crippen LogP contribution in [0.3, 0.4) is 0 Å². The van der Waals surface area contributed by atoms with Crippen LogP contribution >= 0.6 is 0 Å². The number of likely N-dealkylation sites (N-methyl/N-ethyl adjacent to an activating group) is 1. The van der Waals surface area contributed by atoms with E-state index in [1.165, 1.54) is 0 Å². The Balaban J connectivity index is 1.59. The van der Waals surface area contributed by atoms with Gasteiger partial charge >= 0.3 is 0 Å². The van der Waals surface area contributed by atoms with Crippen molar-refractivity contribution in [3.8, 4) is 22.8 Å². The SMILES string of the molecule is CN1CCN(c2nc(-c3cccc(Oc4ccccc4)c3)c3c(N)n(C)nc3n2)CC1. The van der Waals surface area contributed by atoms with Crippen molar-refractivity contribution in [1.29, 1.82) is 0 Å². The predicted molar refractivity (Wildman–Crippen MR) is 122 cm³/mol. The molecule has 2 aromatic carbocycles. The van der Waals surface area contributed by atoms with Gasteiger partial charge < -0.3 is 20.3 Å². The number of benzene rings is 2. The zero-order valence-electron chi connectivity index (χ0n) is 17.7. The number of para-hydroxylation sites is 1. The topological polar surface area (TPSA) is 85.3 Å². The number of aryl methyl sites for hydroxylation is 1. The second kappa shape index (κ2) is 7.88. The van der Waals surface area contributed by atoms with E-state index in [0.29, 0.717) is 17.4 Å². The van der Waals surface area contributed by atoms with Crippen molar-refractivity contribution in [2.45, 2.75) is 0 Å². The van der Waals surface area contributed by atoms with Crippen molar-refractivity contribution in [3.63, 3.8) is 0 Å². The summed E-state index contributed by atoms with van der Waals surface area (Å²) in [6.07, 6.45) is 0. The van der Waals surface area contributed by atoms with Gasteiger partial charge in [-0.15, -0.1) is 0 Å². The molecule has 1 aliphatic heterocycles. The molecule has 0 radical (unpaired) electrons. The molecule has 3 heterocycles. The summed E-state index contributed by atoms with van der Waals surface area (Å²) in [6.45, 7) is 3.70. The van der Waals surface area contributed by atoms with Gasteiger partial charge in [0, 0.05) is 38.8 Å². The maximum absolute atomic E-state index is 6.35. The highest BCUT2D eigenvalue weighted by atomic mass is 16.5. The maximum Gasteiger partial charge on any atom is 0.228 e. The van der Waals surface area contributed by atoms with Crippen LogP contribution < -0.4 is 15.4 Å². The summed E-state index contributed by atoms with van der Waals surface area (Å²) in [5.41, 5.74) is 8.64. The average Bonchev–Trinajstić information content (AvgIpc) is 3.08. The van der Waals surface area contributed by atoms with E-state index in [1.807, 2.05) is 61.6 Å². The highest BCUT2D eigenvalue weighted by Crippen LogP contribution is 2.34. The van der Waals surface area contributed by atoms with Crippen LogP contribution in [-0.2, 0) is 7.05 Å². The lowest BCUT2D eigenvalue weighted by atomic mass is 10.1. The van der Waals surface area contributed by atoms with Gasteiger partial charge in [0.15, 0.2) is 5.65 Å². The molecule has 0 aliphatic carbocycles. The van der Waals surface area contributed by atoms with E-state index < -0.39 is 0 Å². The largest absolute Gasteiger partial charge is 0.457 e. The van der Waals surface area contributed by atoms with Gasteiger partial charge in [-0.3, -0.25) is 4.68 Å². The summed E-state index contributed by atoms with van der Waals surface area (Å²) in [4.78, 5) is 14.2. The molecule has 0 atom stereocenters. The van der Waals surface area contributed by atoms with Crippen molar-refractivity contribution in [3.05, 3.63) is 54.6 Å². The lowest BCUT2D eigenvalue weighted by Gasteiger charge is -2.32. The Labute approximate surface area is 180 Å². The summed E-state index contributed by atoms with van der Waals surface area (Å²) in [6, 6.07) is 17.6. The molecule has 0 saturated carbocycles. The van der Waals surface area contributed by atoms with Crippen molar-refractivity contribution in [2.24, 2.45) is 7.05 Å². The third-order valence-corrected chi connectivity index (χ3v) is 5.60. The standard InChI is InChI=1S/C23H25N7O/c1-28-11-13-30(14-12-28)23-25-20(19-21(24)29(2)27-22(19)26-23)16-7-6-10-18(15-16)31-17-8-4-3-5-9-17/h3-10,15H,11-14,24H2,1-2H3. The predicted octanol–water partition coefficient (Wildman–Crippen LogP) is 3.16. The Morgan fingerprint density at radius 3 is 2.39 bits per heavy atom. The third kappa shape index (κ3) is 3.77. The normalized spacial score (nSPS) is 14.8. The fourth-order valence-corrected chi connectivity index (χ4v) is 3.79. The van der Waals surface area contributed by atoms with Crippen molar-refractivity contribution in [2.75, 3.05) is 43.9 Å². The lowest BCUT2D eigenvalue weighted by molar-refractivity contribution is 0.311. The van der Waals surface area contributed by atoms with Crippen LogP contribution in [0.15, 0.2) is 54.6 Å². The smallest absolute Gasteiger partial charge is 0.228 e. The second-order valence-electron chi connectivity index (χ2n) is 7.81. The molecule has 0 bridgehead atoms. The number of hydrogen-bond acceptors (Lipinski definition) is 7. The zero-order chi connectivity index (χ0) is 21.4. The number of anilines is 2. The summed E-state index contributed by atoms with van der Waals surface area (Å²) in [5.74, 6) is 2.75. The van der Waals surface area contributed by atoms with Gasteiger partial charge in [-0.2, -0.15) is 10.1 Å². The number of hydrogen-bond donors (Lipinski definition) is 1. The first kappa shape index (κ1) is 19.3. The quantitative estimate of drug-likeness (QED) is 0.548. The number of piperazine rings is 1. The highest BCUT2D eigenvalue weighted by Gasteiger charge is 2.22. The van der Waals surface area contributed by atoms with Crippen LogP contribution in [0.1, 0.15) is 0 Å². The van der Waals surface area contributed by atoms with Crippen LogP contribution in [0.2, 0.25) is 0 Å². The number of nitrogens with two attached hydrogens (primary N) is 1. The minimum absolute atomic E-state index is 0.546. The first-order valence-corrected chi connectivity index (χ1v) is 10.4. The van der Waals surface area contributed by atoms with E-state index in [-0.39, 0.29) is 0 Å². The summed E-state index contributed by atoms with van der Waals surface area (Å²) in [7, 11) is 3.95. The van der Waals surface area contributed by atoms with Gasteiger partial charge in [0.2, 0.25) is 5.95 Å². The molecule has 158 valence electrons. The Morgan fingerprint density at radius 2 is 1.61 bits per heavy atom. The van der Waals surface area contributed by atoms with Crippen molar-refractivity contribution in [1.82, 2.24) is 24.6 Å². The van der Waals surface area contributed by atoms with Crippen molar-refractivity contribution >= 4 is 22.8 Å². The second-order valence-corrected chi connectivity index (χ2v) is 7.81. The summed E-state index contributed by atoms with van der Waals surface area (Å²) < 4.78 is 7.69. The third-order valence-electron chi connectivity index (χ3n) is 5.60. The van der Waals surface area contributed by atoms with Gasteiger partial charge in [0.05, 0.1) is 11.1 Å². The molecule has 31 heavy (non-hydrogen) atoms. The highest BCUT2D eigenvalue weighted by molar-refractivity contribution is 5.99. The van der Waals surface area contributed by atoms with E-state index in [2.05, 4.69) is 21.9 Å². The number of rotatable bonds is 4. The molecule has 1 aliphatic rings. The number of fused-ring (bicyclic) bond motifs is 1. The molecule has 1 saturated heterocycles. The molecule has 8 heteroatoms. The van der Waals surface area contributed by atoms with Gasteiger partial charge in [-0.1, -0.05) is 30.3 Å². The number of ether oxygens (including phenoxy) is 1. The molecular weight excluding hydrogens is 390 g/mol. The van der Waals surface area contributed by atoms with Crippen LogP contribution in [-0.4, -0.2) is 57.9 Å². The molecule has 1 fully saturated rings. The Bertz CT molecular complexity index is 1210. The van der Waals surface area contributed by atoms with Crippen LogP contribution in [0.25, 0.3) is 22.3 Å². The number of aromatic nitrogens is 4. The van der Waals surface area contributed by atoms with E-state index in [9.17, 15) is 0 Å². The molecule has 2 aromatic heterocycles. The first-order valence-electron chi connectivity index (χ1n) is 10.4. The zero-order valence-corrected chi connectivity index (χ0v) is 17.7. The first-order chi connectivity index (χ1) is 15.1. The molecule has 0 amide bonds. The molecule has 0 spiro atoms. The van der Waals surface area contributed by atoms with Gasteiger partial charge in [-0.25, -0.2) is 4.98 Å². The minimum atomic E-state index is 0.546. The van der Waals surface area contributed by atoms with E-state index in [4.69, 9.17) is 20.4 Å². The molecular formula is C23H25N7O. The maximum atomic E-state index is 6.35. The number of nitrogen functional groups attached to an aromatic ring is 1. The molecule has 4 aromatic rings. The Morgan fingerprint density at radius 1 is 0.871 bits per heavy atom. The van der Waals surface area contributed by atoms with E-state index in [0.717, 1.165) is 54.3 Å². The molecule has 8 nitrogen and oxygen atoms in total. The van der Waals surface area contributed by atoms with Crippen LogP contribution in [0, 0.1) is 0 Å². The molecule has 5 rings (SSSR count). The average molecular weight is 416 g/mol. The fourth-order valence-electron chi connectivity index (χ4n) is 3.79. The van der Waals surface area contributed by atoms with Crippen LogP contribution in [0.4, 0.5) is 11.8 Å². The van der Waals surface area contributed by atoms with E-state index >= 15 is 0 Å². The van der Waals surface area contributed by atoms with Gasteiger partial charge in [0.1, 0.15) is 17.3 Å². The van der Waals surface area contributed by atoms with E-state index in [1.54, 1.807) is 4.68 Å². The number of nitrogens with zero attached hydrogens (tertiary/aromatic N) is 6.